The van der Waals surface area contributed by atoms with Crippen molar-refractivity contribution >= 4 is 72.4 Å². The number of nitriles is 1. The standard InChI is InChI=1S/C70H46N6Si/c71-47-48-40-41-67-63(42-48)62-36-12-15-39-66(62)76(67)70-73-68(72-69(74-70)75-64-37-13-10-34-60(64)61-35-11-14-38-65(61)75)55-29-19-33-59(46-55)77(56-30-16-26-52(43-56)49-20-4-1-5-21-49,57-31-17-27-53(44-57)50-22-6-2-7-23-50)58-32-18-28-54(45-58)51-24-8-3-9-25-51/h1-46H. The van der Waals surface area contributed by atoms with Crippen LogP contribution in [0, 0.1) is 11.3 Å². The molecule has 0 amide bonds. The molecule has 77 heavy (non-hydrogen) atoms. The summed E-state index contributed by atoms with van der Waals surface area (Å²) >= 11 is 0. The summed E-state index contributed by atoms with van der Waals surface area (Å²) in [5.41, 5.74) is 12.2. The number of aromatic nitrogens is 5. The second-order valence-electron chi connectivity index (χ2n) is 19.5. The zero-order chi connectivity index (χ0) is 51.3. The van der Waals surface area contributed by atoms with Gasteiger partial charge in [0.2, 0.25) is 11.9 Å². The van der Waals surface area contributed by atoms with Crippen LogP contribution >= 0.6 is 0 Å². The van der Waals surface area contributed by atoms with Crippen LogP contribution in [-0.4, -0.2) is 32.2 Å². The van der Waals surface area contributed by atoms with Crippen molar-refractivity contribution in [2.75, 3.05) is 0 Å². The summed E-state index contributed by atoms with van der Waals surface area (Å²) in [7, 11) is -3.35. The quantitative estimate of drug-likeness (QED) is 0.101. The molecule has 14 rings (SSSR count). The third-order valence-electron chi connectivity index (χ3n) is 15.2. The molecule has 3 aromatic heterocycles. The Morgan fingerprint density at radius 1 is 0.286 bits per heavy atom. The van der Waals surface area contributed by atoms with Crippen molar-refractivity contribution < 1.29 is 0 Å². The SMILES string of the molecule is N#Cc1ccc2c(c1)c1ccccc1n2-c1nc(-c2cccc([Si](c3cccc(-c4ccccc4)c3)(c3cccc(-c4ccccc4)c3)c3cccc(-c4ccccc4)c3)c2)nc(-n2c3ccccc3c3ccccc32)n1. The smallest absolute Gasteiger partial charge is 0.240 e. The van der Waals surface area contributed by atoms with Crippen molar-refractivity contribution in [3.05, 3.63) is 285 Å². The highest BCUT2D eigenvalue weighted by Crippen LogP contribution is 2.35. The van der Waals surface area contributed by atoms with E-state index in [1.165, 1.54) is 20.7 Å². The highest BCUT2D eigenvalue weighted by molar-refractivity contribution is 7.20. The lowest BCUT2D eigenvalue weighted by atomic mass is 10.1. The van der Waals surface area contributed by atoms with E-state index in [0.29, 0.717) is 23.3 Å². The van der Waals surface area contributed by atoms with E-state index in [1.807, 2.05) is 30.3 Å². The summed E-state index contributed by atoms with van der Waals surface area (Å²) in [5.74, 6) is 1.50. The minimum Gasteiger partial charge on any atom is -0.278 e. The minimum absolute atomic E-state index is 0.471. The number of hydrogen-bond donors (Lipinski definition) is 0. The highest BCUT2D eigenvalue weighted by atomic mass is 28.3. The molecule has 0 fully saturated rings. The fourth-order valence-electron chi connectivity index (χ4n) is 11.7. The number of nitrogens with zero attached hydrogens (tertiary/aromatic N) is 6. The van der Waals surface area contributed by atoms with Gasteiger partial charge in [-0.05, 0) is 90.5 Å². The molecule has 0 radical (unpaired) electrons. The van der Waals surface area contributed by atoms with Crippen molar-refractivity contribution in [1.29, 1.82) is 5.26 Å². The van der Waals surface area contributed by atoms with Crippen LogP contribution in [0.15, 0.2) is 279 Å². The van der Waals surface area contributed by atoms with Crippen LogP contribution in [0.25, 0.3) is 100 Å². The van der Waals surface area contributed by atoms with Gasteiger partial charge in [-0.2, -0.15) is 20.2 Å². The van der Waals surface area contributed by atoms with Crippen molar-refractivity contribution in [3.63, 3.8) is 0 Å². The van der Waals surface area contributed by atoms with Gasteiger partial charge < -0.3 is 0 Å². The van der Waals surface area contributed by atoms with Gasteiger partial charge in [-0.15, -0.1) is 0 Å². The topological polar surface area (TPSA) is 72.3 Å². The lowest BCUT2D eigenvalue weighted by Gasteiger charge is -2.35. The lowest BCUT2D eigenvalue weighted by Crippen LogP contribution is -2.74. The summed E-state index contributed by atoms with van der Waals surface area (Å²) in [6.45, 7) is 0. The van der Waals surface area contributed by atoms with Gasteiger partial charge in [-0.1, -0.05) is 243 Å². The van der Waals surface area contributed by atoms with Crippen LogP contribution < -0.4 is 20.7 Å². The molecule has 0 bridgehead atoms. The Kier molecular flexibility index (Phi) is 11.1. The molecule has 0 aliphatic heterocycles. The van der Waals surface area contributed by atoms with Crippen molar-refractivity contribution in [1.82, 2.24) is 24.1 Å². The van der Waals surface area contributed by atoms with E-state index in [4.69, 9.17) is 15.0 Å². The molecule has 3 heterocycles. The molecule has 7 heteroatoms. The molecule has 360 valence electrons. The van der Waals surface area contributed by atoms with Crippen molar-refractivity contribution in [3.8, 4) is 62.7 Å². The van der Waals surface area contributed by atoms with E-state index in [0.717, 1.165) is 82.6 Å². The zero-order valence-electron chi connectivity index (χ0n) is 41.7. The van der Waals surface area contributed by atoms with Crippen molar-refractivity contribution in [2.24, 2.45) is 0 Å². The molecule has 11 aromatic carbocycles. The number of fused-ring (bicyclic) bond motifs is 6. The van der Waals surface area contributed by atoms with Gasteiger partial charge in [0, 0.05) is 27.1 Å². The molecule has 14 aromatic rings. The van der Waals surface area contributed by atoms with E-state index in [1.54, 1.807) is 0 Å². The first-order valence-electron chi connectivity index (χ1n) is 25.9. The Balaban J connectivity index is 1.08. The molecule has 0 unspecified atom stereocenters. The Labute approximate surface area is 446 Å². The third kappa shape index (κ3) is 7.74. The lowest BCUT2D eigenvalue weighted by molar-refractivity contribution is 0.893. The molecule has 0 saturated carbocycles. The second-order valence-corrected chi connectivity index (χ2v) is 23.3. The predicted molar refractivity (Wildman–Crippen MR) is 319 cm³/mol. The summed E-state index contributed by atoms with van der Waals surface area (Å²) in [6.07, 6.45) is 0. The zero-order valence-corrected chi connectivity index (χ0v) is 42.7. The van der Waals surface area contributed by atoms with E-state index in [9.17, 15) is 5.26 Å². The number of para-hydroxylation sites is 3. The maximum absolute atomic E-state index is 10.1. The third-order valence-corrected chi connectivity index (χ3v) is 19.9. The molecular weight excluding hydrogens is 953 g/mol. The average molecular weight is 999 g/mol. The fourth-order valence-corrected chi connectivity index (χ4v) is 16.5. The highest BCUT2D eigenvalue weighted by Gasteiger charge is 2.42. The van der Waals surface area contributed by atoms with E-state index in [-0.39, 0.29) is 0 Å². The van der Waals surface area contributed by atoms with Gasteiger partial charge in [0.25, 0.3) is 0 Å². The Hall–Kier alpha value is -10.3. The summed E-state index contributed by atoms with van der Waals surface area (Å²) < 4.78 is 4.29. The van der Waals surface area contributed by atoms with Crippen LogP contribution in [0.2, 0.25) is 0 Å². The Morgan fingerprint density at radius 2 is 0.623 bits per heavy atom. The average Bonchev–Trinajstić information content (AvgIpc) is 4.10. The summed E-state index contributed by atoms with van der Waals surface area (Å²) in [6, 6.07) is 102. The fraction of sp³-hybridized carbons (Fsp3) is 0. The molecular formula is C70H46N6Si. The van der Waals surface area contributed by atoms with Gasteiger partial charge in [0.15, 0.2) is 13.9 Å². The van der Waals surface area contributed by atoms with Gasteiger partial charge >= 0.3 is 0 Å². The monoisotopic (exact) mass is 998 g/mol. The molecule has 0 spiro atoms. The van der Waals surface area contributed by atoms with Crippen molar-refractivity contribution in [2.45, 2.75) is 0 Å². The van der Waals surface area contributed by atoms with Crippen LogP contribution in [-0.2, 0) is 0 Å². The van der Waals surface area contributed by atoms with Crippen LogP contribution in [0.3, 0.4) is 0 Å². The maximum Gasteiger partial charge on any atom is 0.240 e. The van der Waals surface area contributed by atoms with Crippen LogP contribution in [0.4, 0.5) is 0 Å². The number of benzene rings is 11. The first-order valence-corrected chi connectivity index (χ1v) is 27.9. The molecule has 0 aliphatic carbocycles. The molecule has 0 saturated heterocycles. The van der Waals surface area contributed by atoms with E-state index < -0.39 is 8.07 Å². The molecule has 6 nitrogen and oxygen atoms in total. The van der Waals surface area contributed by atoms with Gasteiger partial charge in [-0.25, -0.2) is 0 Å². The van der Waals surface area contributed by atoms with Gasteiger partial charge in [0.1, 0.15) is 0 Å². The largest absolute Gasteiger partial charge is 0.278 e. The van der Waals surface area contributed by atoms with Gasteiger partial charge in [0.05, 0.1) is 33.7 Å². The van der Waals surface area contributed by atoms with E-state index in [2.05, 4.69) is 264 Å². The first kappa shape index (κ1) is 45.4. The molecule has 0 N–H and O–H groups in total. The van der Waals surface area contributed by atoms with E-state index >= 15 is 0 Å². The Morgan fingerprint density at radius 3 is 1.04 bits per heavy atom. The molecule has 0 atom stereocenters. The molecule has 0 aliphatic rings. The number of hydrogen-bond acceptors (Lipinski definition) is 4. The minimum atomic E-state index is -3.35. The van der Waals surface area contributed by atoms with Gasteiger partial charge in [-0.3, -0.25) is 9.13 Å². The predicted octanol–water partition coefficient (Wildman–Crippen LogP) is 14.0. The summed E-state index contributed by atoms with van der Waals surface area (Å²) in [4.78, 5) is 16.5. The second kappa shape index (κ2) is 18.9. The van der Waals surface area contributed by atoms with Crippen LogP contribution in [0.5, 0.6) is 0 Å². The Bertz CT molecular complexity index is 4340. The first-order chi connectivity index (χ1) is 38.1. The maximum atomic E-state index is 10.1. The normalized spacial score (nSPS) is 11.6. The number of rotatable bonds is 10. The van der Waals surface area contributed by atoms with Crippen LogP contribution in [0.1, 0.15) is 5.56 Å². The summed E-state index contributed by atoms with van der Waals surface area (Å²) in [5, 5.41) is 19.2.